The average Bonchev–Trinajstić information content (AvgIpc) is 3.31. The molecule has 6 nitrogen and oxygen atoms in total. The van der Waals surface area contributed by atoms with E-state index >= 15 is 0 Å². The molecule has 0 radical (unpaired) electrons. The molecule has 27 heavy (non-hydrogen) atoms. The van der Waals surface area contributed by atoms with Crippen LogP contribution in [-0.2, 0) is 11.3 Å². The van der Waals surface area contributed by atoms with Crippen LogP contribution < -0.4 is 0 Å². The van der Waals surface area contributed by atoms with Crippen molar-refractivity contribution in [3.8, 4) is 0 Å². The highest BCUT2D eigenvalue weighted by Crippen LogP contribution is 2.30. The third-order valence-corrected chi connectivity index (χ3v) is 5.51. The molecular formula is C20H21BrN4O2. The Hall–Kier alpha value is -2.25. The molecule has 0 aliphatic carbocycles. The Bertz CT molecular complexity index is 954. The van der Waals surface area contributed by atoms with Gasteiger partial charge in [0.25, 0.3) is 5.91 Å². The molecule has 0 N–H and O–H groups in total. The number of methoxy groups -OCH3 is 1. The smallest absolute Gasteiger partial charge is 0.253 e. The molecule has 2 aromatic heterocycles. The number of pyridine rings is 1. The van der Waals surface area contributed by atoms with Crippen molar-refractivity contribution >= 4 is 33.0 Å². The summed E-state index contributed by atoms with van der Waals surface area (Å²) in [4.78, 5) is 24.1. The van der Waals surface area contributed by atoms with E-state index in [1.807, 2.05) is 41.3 Å². The zero-order valence-corrected chi connectivity index (χ0v) is 16.7. The number of halogens is 1. The number of benzene rings is 1. The topological polar surface area (TPSA) is 60.2 Å². The SMILES string of the molecule is COCCn1c([C@@H]2CCN(C(=O)c3ccc(Br)cc3)C2)nc2cccnc21. The van der Waals surface area contributed by atoms with E-state index in [4.69, 9.17) is 9.72 Å². The third-order valence-electron chi connectivity index (χ3n) is 4.98. The minimum Gasteiger partial charge on any atom is -0.383 e. The lowest BCUT2D eigenvalue weighted by atomic mass is 10.1. The van der Waals surface area contributed by atoms with Gasteiger partial charge in [0.1, 0.15) is 11.3 Å². The lowest BCUT2D eigenvalue weighted by Crippen LogP contribution is -2.28. The first-order valence-corrected chi connectivity index (χ1v) is 9.81. The van der Waals surface area contributed by atoms with Crippen LogP contribution in [0.4, 0.5) is 0 Å². The van der Waals surface area contributed by atoms with Gasteiger partial charge in [-0.1, -0.05) is 15.9 Å². The Morgan fingerprint density at radius 2 is 2.11 bits per heavy atom. The van der Waals surface area contributed by atoms with Crippen LogP contribution in [0.3, 0.4) is 0 Å². The first kappa shape index (κ1) is 18.1. The van der Waals surface area contributed by atoms with Crippen molar-refractivity contribution < 1.29 is 9.53 Å². The summed E-state index contributed by atoms with van der Waals surface area (Å²) >= 11 is 3.41. The monoisotopic (exact) mass is 428 g/mol. The Morgan fingerprint density at radius 1 is 1.30 bits per heavy atom. The molecule has 1 amide bonds. The summed E-state index contributed by atoms with van der Waals surface area (Å²) in [5.74, 6) is 1.27. The van der Waals surface area contributed by atoms with E-state index in [-0.39, 0.29) is 11.8 Å². The number of carbonyl (C=O) groups excluding carboxylic acids is 1. The van der Waals surface area contributed by atoms with Gasteiger partial charge < -0.3 is 14.2 Å². The Balaban J connectivity index is 1.58. The highest BCUT2D eigenvalue weighted by molar-refractivity contribution is 9.10. The highest BCUT2D eigenvalue weighted by Gasteiger charge is 2.31. The van der Waals surface area contributed by atoms with Gasteiger partial charge in [-0.3, -0.25) is 4.79 Å². The van der Waals surface area contributed by atoms with E-state index in [0.717, 1.165) is 34.4 Å². The number of ether oxygens (including phenoxy) is 1. The standard InChI is InChI=1S/C20H21BrN4O2/c1-27-12-11-25-18(23-17-3-2-9-22-19(17)25)15-8-10-24(13-15)20(26)14-4-6-16(21)7-5-14/h2-7,9,15H,8,10-13H2,1H3/t15-/m1/s1. The van der Waals surface area contributed by atoms with Crippen LogP contribution in [0.1, 0.15) is 28.5 Å². The first-order valence-electron chi connectivity index (χ1n) is 9.02. The molecule has 0 saturated carbocycles. The van der Waals surface area contributed by atoms with E-state index in [9.17, 15) is 4.79 Å². The number of rotatable bonds is 5. The largest absolute Gasteiger partial charge is 0.383 e. The molecule has 4 rings (SSSR count). The van der Waals surface area contributed by atoms with Gasteiger partial charge in [-0.2, -0.15) is 0 Å². The molecule has 0 unspecified atom stereocenters. The molecule has 3 heterocycles. The van der Waals surface area contributed by atoms with Gasteiger partial charge in [0.15, 0.2) is 5.65 Å². The van der Waals surface area contributed by atoms with Gasteiger partial charge in [0.2, 0.25) is 0 Å². The second kappa shape index (κ2) is 7.78. The van der Waals surface area contributed by atoms with Crippen LogP contribution in [0.25, 0.3) is 11.2 Å². The van der Waals surface area contributed by atoms with Gasteiger partial charge in [0, 0.05) is 48.9 Å². The van der Waals surface area contributed by atoms with E-state index in [0.29, 0.717) is 25.3 Å². The maximum Gasteiger partial charge on any atom is 0.253 e. The van der Waals surface area contributed by atoms with E-state index < -0.39 is 0 Å². The summed E-state index contributed by atoms with van der Waals surface area (Å²) in [5, 5.41) is 0. The predicted octanol–water partition coefficient (Wildman–Crippen LogP) is 3.47. The van der Waals surface area contributed by atoms with E-state index in [1.165, 1.54) is 0 Å². The van der Waals surface area contributed by atoms with Crippen molar-refractivity contribution in [3.63, 3.8) is 0 Å². The van der Waals surface area contributed by atoms with Crippen LogP contribution in [0.2, 0.25) is 0 Å². The fourth-order valence-corrected chi connectivity index (χ4v) is 3.89. The molecule has 1 aliphatic heterocycles. The second-order valence-electron chi connectivity index (χ2n) is 6.70. The van der Waals surface area contributed by atoms with Gasteiger partial charge in [0.05, 0.1) is 6.61 Å². The second-order valence-corrected chi connectivity index (χ2v) is 7.62. The molecule has 140 valence electrons. The molecule has 3 aromatic rings. The lowest BCUT2D eigenvalue weighted by molar-refractivity contribution is 0.0790. The Morgan fingerprint density at radius 3 is 2.89 bits per heavy atom. The molecule has 1 fully saturated rings. The lowest BCUT2D eigenvalue weighted by Gasteiger charge is -2.17. The number of likely N-dealkylation sites (tertiary alicyclic amines) is 1. The minimum atomic E-state index is 0.0719. The van der Waals surface area contributed by atoms with Crippen LogP contribution >= 0.6 is 15.9 Å². The maximum absolute atomic E-state index is 12.8. The zero-order valence-electron chi connectivity index (χ0n) is 15.1. The molecule has 0 bridgehead atoms. The fourth-order valence-electron chi connectivity index (χ4n) is 3.62. The Labute approximate surface area is 166 Å². The van der Waals surface area contributed by atoms with E-state index in [1.54, 1.807) is 13.3 Å². The quantitative estimate of drug-likeness (QED) is 0.623. The van der Waals surface area contributed by atoms with Gasteiger partial charge >= 0.3 is 0 Å². The van der Waals surface area contributed by atoms with Crippen molar-refractivity contribution in [2.45, 2.75) is 18.9 Å². The third kappa shape index (κ3) is 3.61. The van der Waals surface area contributed by atoms with Crippen molar-refractivity contribution in [1.82, 2.24) is 19.4 Å². The minimum absolute atomic E-state index is 0.0719. The molecule has 1 atom stereocenters. The van der Waals surface area contributed by atoms with Crippen LogP contribution in [0.5, 0.6) is 0 Å². The summed E-state index contributed by atoms with van der Waals surface area (Å²) in [5.41, 5.74) is 2.48. The van der Waals surface area contributed by atoms with Crippen molar-refractivity contribution in [1.29, 1.82) is 0 Å². The molecule has 1 aliphatic rings. The Kier molecular flexibility index (Phi) is 5.22. The number of nitrogens with zero attached hydrogens (tertiary/aromatic N) is 4. The first-order chi connectivity index (χ1) is 13.2. The number of aromatic nitrogens is 3. The van der Waals surface area contributed by atoms with Gasteiger partial charge in [-0.25, -0.2) is 9.97 Å². The summed E-state index contributed by atoms with van der Waals surface area (Å²) < 4.78 is 8.37. The average molecular weight is 429 g/mol. The van der Waals surface area contributed by atoms with E-state index in [2.05, 4.69) is 25.5 Å². The van der Waals surface area contributed by atoms with Crippen molar-refractivity contribution in [2.24, 2.45) is 0 Å². The number of fused-ring (bicyclic) bond motifs is 1. The van der Waals surface area contributed by atoms with Crippen molar-refractivity contribution in [3.05, 3.63) is 58.5 Å². The predicted molar refractivity (Wildman–Crippen MR) is 107 cm³/mol. The summed E-state index contributed by atoms with van der Waals surface area (Å²) in [6.45, 7) is 2.71. The summed E-state index contributed by atoms with van der Waals surface area (Å²) in [6.07, 6.45) is 2.69. The number of hydrogen-bond donors (Lipinski definition) is 0. The molecule has 1 aromatic carbocycles. The fraction of sp³-hybridized carbons (Fsp3) is 0.350. The highest BCUT2D eigenvalue weighted by atomic mass is 79.9. The number of carbonyl (C=O) groups is 1. The van der Waals surface area contributed by atoms with Gasteiger partial charge in [-0.05, 0) is 42.8 Å². The molecule has 0 spiro atoms. The zero-order chi connectivity index (χ0) is 18.8. The number of hydrogen-bond acceptors (Lipinski definition) is 4. The molecule has 1 saturated heterocycles. The molecular weight excluding hydrogens is 408 g/mol. The number of imidazole rings is 1. The molecule has 7 heteroatoms. The number of amides is 1. The summed E-state index contributed by atoms with van der Waals surface area (Å²) in [6, 6.07) is 11.4. The maximum atomic E-state index is 12.8. The van der Waals surface area contributed by atoms with Crippen LogP contribution in [-0.4, -0.2) is 52.1 Å². The van der Waals surface area contributed by atoms with Gasteiger partial charge in [-0.15, -0.1) is 0 Å². The van der Waals surface area contributed by atoms with Crippen LogP contribution in [0, 0.1) is 0 Å². The summed E-state index contributed by atoms with van der Waals surface area (Å²) in [7, 11) is 1.69. The van der Waals surface area contributed by atoms with Crippen molar-refractivity contribution in [2.75, 3.05) is 26.8 Å². The van der Waals surface area contributed by atoms with Crippen LogP contribution in [0.15, 0.2) is 47.1 Å². The normalized spacial score (nSPS) is 17.0.